The first-order valence-electron chi connectivity index (χ1n) is 6.21. The van der Waals surface area contributed by atoms with Crippen molar-refractivity contribution >= 4 is 17.7 Å². The zero-order valence-corrected chi connectivity index (χ0v) is 11.2. The summed E-state index contributed by atoms with van der Waals surface area (Å²) in [6.07, 6.45) is 5.87. The number of rotatable bonds is 5. The molecule has 0 bridgehead atoms. The van der Waals surface area contributed by atoms with E-state index in [0.29, 0.717) is 24.6 Å². The van der Waals surface area contributed by atoms with Crippen LogP contribution in [0.3, 0.4) is 0 Å². The molecule has 1 aliphatic carbocycles. The molecule has 0 spiro atoms. The number of nitrogens with zero attached hydrogens (tertiary/aromatic N) is 1. The van der Waals surface area contributed by atoms with Crippen LogP contribution in [0.15, 0.2) is 29.4 Å². The molecule has 2 unspecified atom stereocenters. The SMILES string of the molecule is CCNC1(C(=O)O)CCC(Sc2ccncc2)C1. The highest BCUT2D eigenvalue weighted by molar-refractivity contribution is 8.00. The monoisotopic (exact) mass is 266 g/mol. The number of carbonyl (C=O) groups is 1. The topological polar surface area (TPSA) is 62.2 Å². The Morgan fingerprint density at radius 2 is 2.33 bits per heavy atom. The molecule has 98 valence electrons. The third-order valence-corrected chi connectivity index (χ3v) is 4.63. The Bertz CT molecular complexity index is 413. The van der Waals surface area contributed by atoms with Crippen molar-refractivity contribution in [3.05, 3.63) is 24.5 Å². The van der Waals surface area contributed by atoms with Crippen LogP contribution in [0.25, 0.3) is 0 Å². The molecular formula is C13H18N2O2S. The van der Waals surface area contributed by atoms with Crippen LogP contribution in [0, 0.1) is 0 Å². The molecule has 2 rings (SSSR count). The van der Waals surface area contributed by atoms with Gasteiger partial charge in [0.25, 0.3) is 0 Å². The number of hydrogen-bond acceptors (Lipinski definition) is 4. The van der Waals surface area contributed by atoms with Crippen molar-refractivity contribution in [2.75, 3.05) is 6.54 Å². The first-order valence-corrected chi connectivity index (χ1v) is 7.09. The van der Waals surface area contributed by atoms with Crippen LogP contribution in [0.5, 0.6) is 0 Å². The van der Waals surface area contributed by atoms with E-state index in [2.05, 4.69) is 10.3 Å². The van der Waals surface area contributed by atoms with Crippen LogP contribution in [0.4, 0.5) is 0 Å². The highest BCUT2D eigenvalue weighted by Crippen LogP contribution is 2.40. The highest BCUT2D eigenvalue weighted by Gasteiger charge is 2.45. The Hall–Kier alpha value is -1.07. The van der Waals surface area contributed by atoms with Gasteiger partial charge in [-0.15, -0.1) is 11.8 Å². The standard InChI is InChI=1S/C13H18N2O2S/c1-2-15-13(12(16)17)6-3-11(9-13)18-10-4-7-14-8-5-10/h4-5,7-8,11,15H,2-3,6,9H2,1H3,(H,16,17). The summed E-state index contributed by atoms with van der Waals surface area (Å²) < 4.78 is 0. The minimum absolute atomic E-state index is 0.363. The van der Waals surface area contributed by atoms with E-state index in [4.69, 9.17) is 0 Å². The summed E-state index contributed by atoms with van der Waals surface area (Å²) in [4.78, 5) is 16.6. The van der Waals surface area contributed by atoms with Gasteiger partial charge in [0.1, 0.15) is 5.54 Å². The van der Waals surface area contributed by atoms with Crippen molar-refractivity contribution < 1.29 is 9.90 Å². The molecule has 4 nitrogen and oxygen atoms in total. The van der Waals surface area contributed by atoms with Crippen molar-refractivity contribution in [2.45, 2.75) is 41.9 Å². The summed E-state index contributed by atoms with van der Waals surface area (Å²) in [6, 6.07) is 3.94. The first-order chi connectivity index (χ1) is 8.66. The Kier molecular flexibility index (Phi) is 4.24. The number of thioether (sulfide) groups is 1. The number of carboxylic acid groups (broad SMARTS) is 1. The Morgan fingerprint density at radius 1 is 1.61 bits per heavy atom. The number of aliphatic carboxylic acids is 1. The van der Waals surface area contributed by atoms with Crippen molar-refractivity contribution in [2.24, 2.45) is 0 Å². The average molecular weight is 266 g/mol. The molecule has 1 aromatic heterocycles. The summed E-state index contributed by atoms with van der Waals surface area (Å²) in [5, 5.41) is 12.9. The number of nitrogens with one attached hydrogen (secondary N) is 1. The Labute approximate surface area is 111 Å². The number of pyridine rings is 1. The maximum absolute atomic E-state index is 11.4. The first kappa shape index (κ1) is 13.4. The van der Waals surface area contributed by atoms with Crippen LogP contribution in [-0.4, -0.2) is 33.4 Å². The predicted molar refractivity (Wildman–Crippen MR) is 71.8 cm³/mol. The van der Waals surface area contributed by atoms with E-state index < -0.39 is 11.5 Å². The number of hydrogen-bond donors (Lipinski definition) is 2. The molecule has 18 heavy (non-hydrogen) atoms. The second-order valence-electron chi connectivity index (χ2n) is 4.58. The van der Waals surface area contributed by atoms with E-state index >= 15 is 0 Å². The third kappa shape index (κ3) is 2.84. The molecule has 1 saturated carbocycles. The molecule has 0 saturated heterocycles. The fraction of sp³-hybridized carbons (Fsp3) is 0.538. The molecule has 1 fully saturated rings. The maximum atomic E-state index is 11.4. The largest absolute Gasteiger partial charge is 0.480 e. The van der Waals surface area contributed by atoms with Gasteiger partial charge in [-0.2, -0.15) is 0 Å². The normalized spacial score (nSPS) is 27.3. The van der Waals surface area contributed by atoms with E-state index in [1.54, 1.807) is 24.2 Å². The molecule has 1 aromatic rings. The van der Waals surface area contributed by atoms with Crippen LogP contribution >= 0.6 is 11.8 Å². The predicted octanol–water partition coefficient (Wildman–Crippen LogP) is 2.16. The quantitative estimate of drug-likeness (QED) is 0.855. The average Bonchev–Trinajstić information content (AvgIpc) is 2.76. The summed E-state index contributed by atoms with van der Waals surface area (Å²) in [5.74, 6) is -0.720. The molecule has 5 heteroatoms. The zero-order chi connectivity index (χ0) is 13.0. The molecule has 0 amide bonds. The van der Waals surface area contributed by atoms with Gasteiger partial charge in [-0.25, -0.2) is 0 Å². The van der Waals surface area contributed by atoms with E-state index in [-0.39, 0.29) is 0 Å². The van der Waals surface area contributed by atoms with Crippen LogP contribution in [-0.2, 0) is 4.79 Å². The lowest BCUT2D eigenvalue weighted by Crippen LogP contribution is -2.50. The lowest BCUT2D eigenvalue weighted by Gasteiger charge is -2.25. The minimum atomic E-state index is -0.723. The van der Waals surface area contributed by atoms with Gasteiger partial charge in [0.2, 0.25) is 0 Å². The Balaban J connectivity index is 2.01. The van der Waals surface area contributed by atoms with Gasteiger partial charge >= 0.3 is 5.97 Å². The third-order valence-electron chi connectivity index (χ3n) is 3.35. The lowest BCUT2D eigenvalue weighted by molar-refractivity contribution is -0.144. The maximum Gasteiger partial charge on any atom is 0.323 e. The van der Waals surface area contributed by atoms with Gasteiger partial charge in [-0.3, -0.25) is 9.78 Å². The zero-order valence-electron chi connectivity index (χ0n) is 10.4. The molecular weight excluding hydrogens is 248 g/mol. The Morgan fingerprint density at radius 3 is 2.94 bits per heavy atom. The molecule has 2 N–H and O–H groups in total. The summed E-state index contributed by atoms with van der Waals surface area (Å²) >= 11 is 1.75. The molecule has 0 radical (unpaired) electrons. The van der Waals surface area contributed by atoms with Gasteiger partial charge in [-0.1, -0.05) is 6.92 Å². The smallest absolute Gasteiger partial charge is 0.323 e. The van der Waals surface area contributed by atoms with Gasteiger partial charge in [0, 0.05) is 22.5 Å². The number of likely N-dealkylation sites (N-methyl/N-ethyl adjacent to an activating group) is 1. The fourth-order valence-corrected chi connectivity index (χ4v) is 3.75. The fourth-order valence-electron chi connectivity index (χ4n) is 2.48. The number of aromatic nitrogens is 1. The molecule has 1 heterocycles. The number of carboxylic acids is 1. The van der Waals surface area contributed by atoms with Crippen molar-refractivity contribution in [1.29, 1.82) is 0 Å². The lowest BCUT2D eigenvalue weighted by atomic mass is 9.98. The van der Waals surface area contributed by atoms with Crippen LogP contribution in [0.1, 0.15) is 26.2 Å². The van der Waals surface area contributed by atoms with Crippen LogP contribution in [0.2, 0.25) is 0 Å². The van der Waals surface area contributed by atoms with Crippen molar-refractivity contribution in [1.82, 2.24) is 10.3 Å². The highest BCUT2D eigenvalue weighted by atomic mass is 32.2. The molecule has 0 aromatic carbocycles. The summed E-state index contributed by atoms with van der Waals surface area (Å²) in [5.41, 5.74) is -0.723. The van der Waals surface area contributed by atoms with Crippen LogP contribution < -0.4 is 5.32 Å². The second-order valence-corrected chi connectivity index (χ2v) is 5.96. The summed E-state index contributed by atoms with van der Waals surface area (Å²) in [7, 11) is 0. The van der Waals surface area contributed by atoms with Crippen molar-refractivity contribution in [3.8, 4) is 0 Å². The van der Waals surface area contributed by atoms with Gasteiger partial charge < -0.3 is 10.4 Å². The van der Waals surface area contributed by atoms with Gasteiger partial charge in [0.15, 0.2) is 0 Å². The van der Waals surface area contributed by atoms with E-state index in [1.165, 1.54) is 0 Å². The molecule has 2 atom stereocenters. The van der Waals surface area contributed by atoms with E-state index in [9.17, 15) is 9.90 Å². The van der Waals surface area contributed by atoms with Gasteiger partial charge in [-0.05, 0) is 37.9 Å². The minimum Gasteiger partial charge on any atom is -0.480 e. The summed E-state index contributed by atoms with van der Waals surface area (Å²) in [6.45, 7) is 2.65. The van der Waals surface area contributed by atoms with E-state index in [1.807, 2.05) is 19.1 Å². The second kappa shape index (κ2) is 5.71. The molecule has 0 aliphatic heterocycles. The molecule has 1 aliphatic rings. The van der Waals surface area contributed by atoms with Crippen molar-refractivity contribution in [3.63, 3.8) is 0 Å². The van der Waals surface area contributed by atoms with Gasteiger partial charge in [0.05, 0.1) is 0 Å². The van der Waals surface area contributed by atoms with E-state index in [0.717, 1.165) is 11.3 Å².